The fourth-order valence-corrected chi connectivity index (χ4v) is 5.79. The highest BCUT2D eigenvalue weighted by molar-refractivity contribution is 5.79. The fourth-order valence-electron chi connectivity index (χ4n) is 5.79. The van der Waals surface area contributed by atoms with Crippen LogP contribution in [0.25, 0.3) is 0 Å². The Kier molecular flexibility index (Phi) is 10.8. The molecule has 2 aliphatic heterocycles. The lowest BCUT2D eigenvalue weighted by Gasteiger charge is -2.31. The number of carboxylic acids is 1. The van der Waals surface area contributed by atoms with Gasteiger partial charge in [-0.25, -0.2) is 0 Å². The van der Waals surface area contributed by atoms with Crippen LogP contribution in [0.4, 0.5) is 0 Å². The molecule has 0 saturated carbocycles. The zero-order valence-corrected chi connectivity index (χ0v) is 23.1. The number of amides is 2. The summed E-state index contributed by atoms with van der Waals surface area (Å²) in [7, 11) is 0. The van der Waals surface area contributed by atoms with Crippen molar-refractivity contribution in [2.75, 3.05) is 45.9 Å². The quantitative estimate of drug-likeness (QED) is 0.406. The second kappa shape index (κ2) is 13.8. The van der Waals surface area contributed by atoms with E-state index in [2.05, 4.69) is 24.8 Å². The summed E-state index contributed by atoms with van der Waals surface area (Å²) in [6, 6.07) is 5.69. The Hall–Kier alpha value is -2.61. The number of carbonyl (C=O) groups is 3. The number of carbonyl (C=O) groups excluding carboxylic acids is 2. The van der Waals surface area contributed by atoms with Crippen LogP contribution in [0.1, 0.15) is 76.8 Å². The maximum Gasteiger partial charge on any atom is 0.308 e. The Bertz CT molecular complexity index is 928. The zero-order chi connectivity index (χ0) is 26.9. The first kappa shape index (κ1) is 29.0. The summed E-state index contributed by atoms with van der Waals surface area (Å²) in [6.45, 7) is 11.6. The summed E-state index contributed by atoms with van der Waals surface area (Å²) in [5, 5.41) is 10.4. The third-order valence-electron chi connectivity index (χ3n) is 7.95. The van der Waals surface area contributed by atoms with Crippen molar-refractivity contribution in [3.05, 3.63) is 29.3 Å². The fraction of sp³-hybridized carbons (Fsp3) is 0.690. The number of carboxylic acid groups (broad SMARTS) is 1. The summed E-state index contributed by atoms with van der Waals surface area (Å²) in [6.07, 6.45) is 5.30. The van der Waals surface area contributed by atoms with E-state index in [1.54, 1.807) is 11.8 Å². The second-order valence-corrected chi connectivity index (χ2v) is 10.4. The summed E-state index contributed by atoms with van der Waals surface area (Å²) >= 11 is 0. The Morgan fingerprint density at radius 1 is 1.05 bits per heavy atom. The molecule has 3 atom stereocenters. The predicted octanol–water partition coefficient (Wildman–Crippen LogP) is 3.78. The predicted molar refractivity (Wildman–Crippen MR) is 144 cm³/mol. The van der Waals surface area contributed by atoms with Gasteiger partial charge in [0.2, 0.25) is 11.8 Å². The van der Waals surface area contributed by atoms with Gasteiger partial charge in [0.1, 0.15) is 5.75 Å². The number of ether oxygens (including phenoxy) is 1. The van der Waals surface area contributed by atoms with Crippen LogP contribution in [0.3, 0.4) is 0 Å². The molecule has 1 saturated heterocycles. The highest BCUT2D eigenvalue weighted by Gasteiger charge is 2.47. The average molecular weight is 516 g/mol. The summed E-state index contributed by atoms with van der Waals surface area (Å²) in [5.41, 5.74) is 2.11. The van der Waals surface area contributed by atoms with Crippen LogP contribution in [-0.4, -0.2) is 89.5 Å². The highest BCUT2D eigenvalue weighted by Crippen LogP contribution is 2.41. The van der Waals surface area contributed by atoms with E-state index >= 15 is 0 Å². The molecule has 0 radical (unpaired) electrons. The van der Waals surface area contributed by atoms with E-state index in [9.17, 15) is 19.5 Å². The first-order chi connectivity index (χ1) is 17.8. The smallest absolute Gasteiger partial charge is 0.308 e. The third kappa shape index (κ3) is 7.24. The molecule has 1 aromatic carbocycles. The molecule has 8 heteroatoms. The Labute approximate surface area is 221 Å². The van der Waals surface area contributed by atoms with Gasteiger partial charge in [0, 0.05) is 58.0 Å². The third-order valence-corrected chi connectivity index (χ3v) is 7.95. The van der Waals surface area contributed by atoms with Crippen molar-refractivity contribution >= 4 is 17.8 Å². The summed E-state index contributed by atoms with van der Waals surface area (Å²) in [5.74, 6) is -0.804. The van der Waals surface area contributed by atoms with Gasteiger partial charge in [-0.3, -0.25) is 19.3 Å². The average Bonchev–Trinajstić information content (AvgIpc) is 3.48. The van der Waals surface area contributed by atoms with Crippen molar-refractivity contribution < 1.29 is 24.2 Å². The maximum absolute atomic E-state index is 13.5. The van der Waals surface area contributed by atoms with Crippen molar-refractivity contribution in [1.29, 1.82) is 0 Å². The topological polar surface area (TPSA) is 90.4 Å². The van der Waals surface area contributed by atoms with Crippen LogP contribution in [-0.2, 0) is 20.8 Å². The number of rotatable bonds is 14. The van der Waals surface area contributed by atoms with E-state index in [1.165, 1.54) is 0 Å². The number of unbranched alkanes of at least 4 members (excludes halogenated alkanes) is 2. The summed E-state index contributed by atoms with van der Waals surface area (Å²) < 4.78 is 5.66. The van der Waals surface area contributed by atoms with Gasteiger partial charge in [-0.05, 0) is 43.4 Å². The maximum atomic E-state index is 13.5. The minimum absolute atomic E-state index is 0.0181. The van der Waals surface area contributed by atoms with Crippen molar-refractivity contribution in [2.45, 2.75) is 78.2 Å². The van der Waals surface area contributed by atoms with E-state index in [-0.39, 0.29) is 30.3 Å². The molecule has 1 aromatic rings. The van der Waals surface area contributed by atoms with Crippen molar-refractivity contribution in [3.63, 3.8) is 0 Å². The molecule has 2 aliphatic rings. The second-order valence-electron chi connectivity index (χ2n) is 10.4. The number of fused-ring (bicyclic) bond motifs is 1. The SMILES string of the molecule is CCCCN(CCCC)C(=O)CN1CC(c2ccc3c(c2)CCO3)C(C(=O)O)C1CCN(CC)C(C)=O. The molecule has 0 bridgehead atoms. The van der Waals surface area contributed by atoms with Gasteiger partial charge >= 0.3 is 5.97 Å². The molecule has 8 nitrogen and oxygen atoms in total. The lowest BCUT2D eigenvalue weighted by Crippen LogP contribution is -2.46. The van der Waals surface area contributed by atoms with Crippen molar-refractivity contribution in [2.24, 2.45) is 5.92 Å². The number of likely N-dealkylation sites (tertiary alicyclic amines) is 1. The Morgan fingerprint density at radius 2 is 1.76 bits per heavy atom. The highest BCUT2D eigenvalue weighted by atomic mass is 16.5. The lowest BCUT2D eigenvalue weighted by molar-refractivity contribution is -0.144. The Morgan fingerprint density at radius 3 is 2.35 bits per heavy atom. The van der Waals surface area contributed by atoms with E-state index in [1.807, 2.05) is 24.0 Å². The van der Waals surface area contributed by atoms with Crippen LogP contribution < -0.4 is 4.74 Å². The summed E-state index contributed by atoms with van der Waals surface area (Å²) in [4.78, 5) is 44.0. The molecular weight excluding hydrogens is 470 g/mol. The number of hydrogen-bond donors (Lipinski definition) is 1. The first-order valence-electron chi connectivity index (χ1n) is 14.1. The number of aliphatic carboxylic acids is 1. The number of hydrogen-bond acceptors (Lipinski definition) is 5. The van der Waals surface area contributed by atoms with Gasteiger partial charge in [-0.1, -0.05) is 38.8 Å². The molecule has 0 aliphatic carbocycles. The molecule has 2 amide bonds. The van der Waals surface area contributed by atoms with Gasteiger partial charge in [0.25, 0.3) is 0 Å². The minimum Gasteiger partial charge on any atom is -0.493 e. The van der Waals surface area contributed by atoms with Crippen molar-refractivity contribution in [1.82, 2.24) is 14.7 Å². The standard InChI is InChI=1S/C29H45N3O5/c1-5-8-14-31(15-9-6-2)27(34)20-32-19-24(22-10-11-26-23(18-22)13-17-37-26)28(29(35)36)25(32)12-16-30(7-3)21(4)33/h10-11,18,24-25,28H,5-9,12-17,19-20H2,1-4H3,(H,35,36). The normalized spacial score (nSPS) is 20.9. The molecule has 206 valence electrons. The van der Waals surface area contributed by atoms with Crippen LogP contribution in [0.2, 0.25) is 0 Å². The molecular formula is C29H45N3O5. The molecule has 37 heavy (non-hydrogen) atoms. The monoisotopic (exact) mass is 515 g/mol. The first-order valence-corrected chi connectivity index (χ1v) is 14.1. The number of benzene rings is 1. The van der Waals surface area contributed by atoms with Crippen LogP contribution in [0, 0.1) is 5.92 Å². The van der Waals surface area contributed by atoms with E-state index in [0.717, 1.165) is 62.1 Å². The molecule has 1 N–H and O–H groups in total. The van der Waals surface area contributed by atoms with Gasteiger partial charge in [-0.2, -0.15) is 0 Å². The molecule has 3 unspecified atom stereocenters. The van der Waals surface area contributed by atoms with Gasteiger partial charge in [0.15, 0.2) is 0 Å². The van der Waals surface area contributed by atoms with Crippen LogP contribution in [0.5, 0.6) is 5.75 Å². The van der Waals surface area contributed by atoms with Gasteiger partial charge < -0.3 is 19.6 Å². The van der Waals surface area contributed by atoms with E-state index < -0.39 is 11.9 Å². The molecule has 0 spiro atoms. The molecule has 0 aromatic heterocycles. The van der Waals surface area contributed by atoms with E-state index in [0.29, 0.717) is 32.7 Å². The van der Waals surface area contributed by atoms with E-state index in [4.69, 9.17) is 4.74 Å². The largest absolute Gasteiger partial charge is 0.493 e. The number of nitrogens with zero attached hydrogens (tertiary/aromatic N) is 3. The molecule has 2 heterocycles. The molecule has 3 rings (SSSR count). The Balaban J connectivity index is 1.88. The minimum atomic E-state index is -0.846. The molecule has 1 fully saturated rings. The van der Waals surface area contributed by atoms with Crippen molar-refractivity contribution in [3.8, 4) is 5.75 Å². The zero-order valence-electron chi connectivity index (χ0n) is 23.1. The van der Waals surface area contributed by atoms with Gasteiger partial charge in [0.05, 0.1) is 19.1 Å². The van der Waals surface area contributed by atoms with Crippen LogP contribution >= 0.6 is 0 Å². The lowest BCUT2D eigenvalue weighted by atomic mass is 9.83. The van der Waals surface area contributed by atoms with Crippen LogP contribution in [0.15, 0.2) is 18.2 Å². The van der Waals surface area contributed by atoms with Gasteiger partial charge in [-0.15, -0.1) is 0 Å².